The number of nitrogens with one attached hydrogen (secondary N) is 2. The van der Waals surface area contributed by atoms with E-state index in [-0.39, 0.29) is 6.04 Å². The average Bonchev–Trinajstić information content (AvgIpc) is 3.30. The lowest BCUT2D eigenvalue weighted by atomic mass is 10.0. The number of aliphatic hydroxyl groups is 2. The van der Waals surface area contributed by atoms with E-state index >= 15 is 0 Å². The zero-order valence-corrected chi connectivity index (χ0v) is 15.7. The predicted molar refractivity (Wildman–Crippen MR) is 107 cm³/mol. The van der Waals surface area contributed by atoms with E-state index in [1.165, 1.54) is 11.1 Å². The van der Waals surface area contributed by atoms with Crippen LogP contribution in [0.4, 0.5) is 11.5 Å². The number of aryl methyl sites for hydroxylation is 1. The summed E-state index contributed by atoms with van der Waals surface area (Å²) in [5.74, 6) is 1.30. The highest BCUT2D eigenvalue weighted by molar-refractivity contribution is 5.79. The van der Waals surface area contributed by atoms with Gasteiger partial charge in [-0.2, -0.15) is 0 Å². The number of nitrogens with zero attached hydrogens (tertiary/aromatic N) is 3. The second-order valence-electron chi connectivity index (χ2n) is 7.88. The molecule has 0 amide bonds. The molecule has 2 aliphatic rings. The molecule has 2 aromatic heterocycles. The van der Waals surface area contributed by atoms with E-state index in [1.54, 1.807) is 0 Å². The highest BCUT2D eigenvalue weighted by Gasteiger charge is 2.30. The molecule has 6 N–H and O–H groups in total. The second-order valence-corrected chi connectivity index (χ2v) is 7.88. The number of benzene rings is 1. The van der Waals surface area contributed by atoms with Crippen LogP contribution in [-0.2, 0) is 13.0 Å². The Kier molecular flexibility index (Phi) is 4.01. The first kappa shape index (κ1) is 17.4. The number of β-amino-alcohol motifs (C(OH)–C–C–N with tert-alkyl or cyclic N) is 2. The molecule has 1 fully saturated rings. The van der Waals surface area contributed by atoms with E-state index in [4.69, 9.17) is 5.73 Å². The number of fused-ring (bicyclic) bond motifs is 2. The van der Waals surface area contributed by atoms with Crippen LogP contribution in [0.25, 0.3) is 11.2 Å². The Hall–Kier alpha value is -2.68. The fourth-order valence-corrected chi connectivity index (χ4v) is 4.35. The topological polar surface area (TPSA) is 123 Å². The van der Waals surface area contributed by atoms with Crippen LogP contribution in [0.1, 0.15) is 28.6 Å². The number of rotatable bonds is 3. The number of likely N-dealkylation sites (tertiary alicyclic amines) is 1. The smallest absolute Gasteiger partial charge is 0.160 e. The Bertz CT molecular complexity index is 1040. The molecule has 5 rings (SSSR count). The van der Waals surface area contributed by atoms with Crippen molar-refractivity contribution >= 4 is 22.7 Å². The maximum Gasteiger partial charge on any atom is 0.160 e. The van der Waals surface area contributed by atoms with Crippen molar-refractivity contribution in [2.24, 2.45) is 0 Å². The Morgan fingerprint density at radius 3 is 2.75 bits per heavy atom. The van der Waals surface area contributed by atoms with Crippen LogP contribution in [0.15, 0.2) is 24.3 Å². The maximum absolute atomic E-state index is 9.75. The van der Waals surface area contributed by atoms with Gasteiger partial charge >= 0.3 is 0 Å². The molecule has 146 valence electrons. The largest absolute Gasteiger partial charge is 0.389 e. The van der Waals surface area contributed by atoms with Crippen molar-refractivity contribution in [1.29, 1.82) is 0 Å². The summed E-state index contributed by atoms with van der Waals surface area (Å²) < 4.78 is 0. The fourth-order valence-electron chi connectivity index (χ4n) is 4.35. The van der Waals surface area contributed by atoms with Crippen molar-refractivity contribution in [1.82, 2.24) is 19.9 Å². The van der Waals surface area contributed by atoms with Crippen molar-refractivity contribution in [2.45, 2.75) is 38.1 Å². The number of hydrogen-bond acceptors (Lipinski definition) is 7. The lowest BCUT2D eigenvalue weighted by Gasteiger charge is -2.15. The quantitative estimate of drug-likeness (QED) is 0.461. The molecule has 3 aromatic rings. The predicted octanol–water partition coefficient (Wildman–Crippen LogP) is 1.10. The first-order chi connectivity index (χ1) is 13.5. The molecule has 0 spiro atoms. The number of imidazole rings is 1. The van der Waals surface area contributed by atoms with Gasteiger partial charge in [-0.05, 0) is 36.6 Å². The minimum absolute atomic E-state index is 0.0937. The van der Waals surface area contributed by atoms with Crippen LogP contribution in [0.3, 0.4) is 0 Å². The summed E-state index contributed by atoms with van der Waals surface area (Å²) in [6.07, 6.45) is -0.464. The zero-order valence-electron chi connectivity index (χ0n) is 15.7. The Labute approximate surface area is 162 Å². The van der Waals surface area contributed by atoms with Crippen molar-refractivity contribution < 1.29 is 10.2 Å². The van der Waals surface area contributed by atoms with E-state index in [2.05, 4.69) is 43.4 Å². The monoisotopic (exact) mass is 380 g/mol. The summed E-state index contributed by atoms with van der Waals surface area (Å²) in [7, 11) is 0. The summed E-state index contributed by atoms with van der Waals surface area (Å²) >= 11 is 0. The third-order valence-corrected chi connectivity index (χ3v) is 5.66. The average molecular weight is 380 g/mol. The number of aromatic amines is 1. The van der Waals surface area contributed by atoms with E-state index in [1.807, 2.05) is 13.0 Å². The molecule has 0 saturated carbocycles. The Morgan fingerprint density at radius 1 is 1.18 bits per heavy atom. The van der Waals surface area contributed by atoms with Gasteiger partial charge in [-0.3, -0.25) is 4.90 Å². The molecule has 4 heterocycles. The Balaban J connectivity index is 1.39. The first-order valence-corrected chi connectivity index (χ1v) is 9.56. The molecular weight excluding hydrogens is 356 g/mol. The van der Waals surface area contributed by atoms with E-state index in [0.717, 1.165) is 41.2 Å². The molecule has 8 nitrogen and oxygen atoms in total. The molecule has 8 heteroatoms. The number of nitrogen functional groups attached to an aromatic ring is 1. The molecule has 1 aromatic carbocycles. The summed E-state index contributed by atoms with van der Waals surface area (Å²) in [5, 5.41) is 23.1. The van der Waals surface area contributed by atoms with Crippen molar-refractivity contribution in [3.63, 3.8) is 0 Å². The van der Waals surface area contributed by atoms with Gasteiger partial charge in [0.1, 0.15) is 17.2 Å². The molecule has 0 aliphatic carbocycles. The number of hydrogen-bond donors (Lipinski definition) is 5. The standard InChI is InChI=1S/C20H24N6O2/c1-10-22-19-13(6-18(21)25-20(19)23-10)15-5-12-4-11(2-3-14(12)24-15)7-26-8-16(27)17(28)9-26/h2-4,6,15-17,24,27-28H,5,7-9H2,1H3,(H3,21,22,23,25). The molecular formula is C20H24N6O2. The number of H-pyrrole nitrogens is 1. The molecule has 3 unspecified atom stereocenters. The summed E-state index contributed by atoms with van der Waals surface area (Å²) in [5.41, 5.74) is 12.2. The summed E-state index contributed by atoms with van der Waals surface area (Å²) in [4.78, 5) is 14.2. The second kappa shape index (κ2) is 6.44. The van der Waals surface area contributed by atoms with Gasteiger partial charge in [-0.15, -0.1) is 0 Å². The van der Waals surface area contributed by atoms with Crippen LogP contribution in [0, 0.1) is 6.92 Å². The van der Waals surface area contributed by atoms with Crippen LogP contribution < -0.4 is 11.1 Å². The van der Waals surface area contributed by atoms with Crippen LogP contribution in [-0.4, -0.2) is 55.4 Å². The van der Waals surface area contributed by atoms with Crippen molar-refractivity contribution in [3.8, 4) is 0 Å². The van der Waals surface area contributed by atoms with Gasteiger partial charge < -0.3 is 26.2 Å². The first-order valence-electron chi connectivity index (χ1n) is 9.56. The normalized spacial score (nSPS) is 24.6. The zero-order chi connectivity index (χ0) is 19.4. The lowest BCUT2D eigenvalue weighted by Crippen LogP contribution is -2.22. The molecule has 0 bridgehead atoms. The van der Waals surface area contributed by atoms with Crippen molar-refractivity contribution in [2.75, 3.05) is 24.1 Å². The van der Waals surface area contributed by atoms with Gasteiger partial charge in [0.25, 0.3) is 0 Å². The molecule has 2 aliphatic heterocycles. The number of anilines is 2. The summed E-state index contributed by atoms with van der Waals surface area (Å²) in [6, 6.07) is 8.40. The number of nitrogens with two attached hydrogens (primary N) is 1. The number of pyridine rings is 1. The van der Waals surface area contributed by atoms with Crippen LogP contribution in [0.5, 0.6) is 0 Å². The van der Waals surface area contributed by atoms with Gasteiger partial charge in [0.15, 0.2) is 5.65 Å². The van der Waals surface area contributed by atoms with Gasteiger partial charge in [-0.1, -0.05) is 12.1 Å². The molecule has 1 saturated heterocycles. The molecule has 28 heavy (non-hydrogen) atoms. The number of aliphatic hydroxyl groups excluding tert-OH is 2. The van der Waals surface area contributed by atoms with Crippen LogP contribution >= 0.6 is 0 Å². The fraction of sp³-hybridized carbons (Fsp3) is 0.400. The third-order valence-electron chi connectivity index (χ3n) is 5.66. The molecule has 3 atom stereocenters. The Morgan fingerprint density at radius 2 is 1.96 bits per heavy atom. The molecule has 0 radical (unpaired) electrons. The third kappa shape index (κ3) is 2.99. The number of aromatic nitrogens is 3. The van der Waals surface area contributed by atoms with Gasteiger partial charge in [0.2, 0.25) is 0 Å². The van der Waals surface area contributed by atoms with Gasteiger partial charge in [-0.25, -0.2) is 9.97 Å². The highest BCUT2D eigenvalue weighted by Crippen LogP contribution is 2.37. The van der Waals surface area contributed by atoms with Gasteiger partial charge in [0, 0.05) is 30.9 Å². The highest BCUT2D eigenvalue weighted by atomic mass is 16.3. The lowest BCUT2D eigenvalue weighted by molar-refractivity contribution is 0.0572. The summed E-state index contributed by atoms with van der Waals surface area (Å²) in [6.45, 7) is 3.64. The maximum atomic E-state index is 9.75. The minimum atomic E-state index is -0.655. The van der Waals surface area contributed by atoms with Crippen LogP contribution in [0.2, 0.25) is 0 Å². The SMILES string of the molecule is Cc1nc2c(C3Cc4cc(CN5CC(O)C(O)C5)ccc4N3)cc(N)nc2[nH]1. The van der Waals surface area contributed by atoms with E-state index in [0.29, 0.717) is 18.9 Å². The minimum Gasteiger partial charge on any atom is -0.389 e. The van der Waals surface area contributed by atoms with E-state index in [9.17, 15) is 10.2 Å². The van der Waals surface area contributed by atoms with Crippen molar-refractivity contribution in [3.05, 3.63) is 46.8 Å². The van der Waals surface area contributed by atoms with Gasteiger partial charge in [0.05, 0.1) is 18.2 Å². The van der Waals surface area contributed by atoms with E-state index < -0.39 is 12.2 Å².